The maximum Gasteiger partial charge on any atom is 0.165 e. The Morgan fingerprint density at radius 2 is 2.00 bits per heavy atom. The fourth-order valence-corrected chi connectivity index (χ4v) is 1.59. The summed E-state index contributed by atoms with van der Waals surface area (Å²) in [5.41, 5.74) is 0.883. The molecule has 0 aliphatic rings. The molecule has 3 heteroatoms. The first-order valence-electron chi connectivity index (χ1n) is 5.18. The highest BCUT2D eigenvalue weighted by molar-refractivity contribution is 5.96. The second kappa shape index (κ2) is 4.31. The van der Waals surface area contributed by atoms with Crippen LogP contribution in [0.2, 0.25) is 0 Å². The van der Waals surface area contributed by atoms with Crippen molar-refractivity contribution in [2.75, 3.05) is 0 Å². The van der Waals surface area contributed by atoms with E-state index in [0.29, 0.717) is 6.42 Å². The monoisotopic (exact) mass is 217 g/mol. The molecule has 0 atom stereocenters. The molecule has 0 spiro atoms. The number of benzene rings is 1. The van der Waals surface area contributed by atoms with Crippen molar-refractivity contribution in [2.24, 2.45) is 0 Å². The predicted octanol–water partition coefficient (Wildman–Crippen LogP) is 3.21. The normalized spacial score (nSPS) is 10.4. The molecule has 16 heavy (non-hydrogen) atoms. The lowest BCUT2D eigenvalue weighted by molar-refractivity contribution is 0.0984. The molecule has 0 saturated carbocycles. The molecule has 2 nitrogen and oxygen atoms in total. The van der Waals surface area contributed by atoms with Gasteiger partial charge in [0.05, 0.1) is 5.56 Å². The number of aromatic nitrogens is 1. The topological polar surface area (TPSA) is 22.0 Å². The minimum Gasteiger partial charge on any atom is -0.324 e. The number of Topliss-reactive ketones (excluding diaryl/α,β-unsaturated/α-hetero) is 1. The molecule has 0 aliphatic carbocycles. The quantitative estimate of drug-likeness (QED) is 0.723. The van der Waals surface area contributed by atoms with Gasteiger partial charge in [0.1, 0.15) is 5.82 Å². The van der Waals surface area contributed by atoms with Gasteiger partial charge in [0.15, 0.2) is 5.78 Å². The third-order valence-corrected chi connectivity index (χ3v) is 2.48. The van der Waals surface area contributed by atoms with Crippen LogP contribution < -0.4 is 0 Å². The van der Waals surface area contributed by atoms with Crippen LogP contribution in [0.3, 0.4) is 0 Å². The number of nitrogens with zero attached hydrogens (tertiary/aromatic N) is 1. The molecule has 0 amide bonds. The van der Waals surface area contributed by atoms with Crippen LogP contribution in [0.5, 0.6) is 0 Å². The van der Waals surface area contributed by atoms with Crippen molar-refractivity contribution in [3.8, 4) is 5.69 Å². The Hall–Kier alpha value is -1.90. The maximum absolute atomic E-state index is 13.6. The zero-order chi connectivity index (χ0) is 11.5. The van der Waals surface area contributed by atoms with Gasteiger partial charge in [0, 0.05) is 24.5 Å². The van der Waals surface area contributed by atoms with Crippen LogP contribution in [-0.2, 0) is 0 Å². The van der Waals surface area contributed by atoms with E-state index in [-0.39, 0.29) is 11.3 Å². The van der Waals surface area contributed by atoms with Crippen LogP contribution >= 0.6 is 0 Å². The average Bonchev–Trinajstić information content (AvgIpc) is 2.81. The van der Waals surface area contributed by atoms with Gasteiger partial charge < -0.3 is 4.57 Å². The molecule has 0 N–H and O–H groups in total. The first-order chi connectivity index (χ1) is 7.72. The van der Waals surface area contributed by atoms with Gasteiger partial charge in [-0.2, -0.15) is 0 Å². The largest absolute Gasteiger partial charge is 0.324 e. The van der Waals surface area contributed by atoms with Crippen LogP contribution in [0.1, 0.15) is 23.7 Å². The summed E-state index contributed by atoms with van der Waals surface area (Å²) in [6.45, 7) is 1.72. The molecule has 0 bridgehead atoms. The number of hydrogen-bond acceptors (Lipinski definition) is 1. The summed E-state index contributed by atoms with van der Waals surface area (Å²) in [4.78, 5) is 11.4. The second-order valence-electron chi connectivity index (χ2n) is 3.53. The zero-order valence-corrected chi connectivity index (χ0v) is 8.98. The first kappa shape index (κ1) is 10.6. The molecule has 1 aromatic heterocycles. The molecule has 1 aromatic carbocycles. The van der Waals surface area contributed by atoms with E-state index in [4.69, 9.17) is 0 Å². The number of rotatable bonds is 3. The van der Waals surface area contributed by atoms with E-state index in [0.717, 1.165) is 5.69 Å². The first-order valence-corrected chi connectivity index (χ1v) is 5.18. The van der Waals surface area contributed by atoms with E-state index in [1.165, 1.54) is 12.1 Å². The van der Waals surface area contributed by atoms with Gasteiger partial charge >= 0.3 is 0 Å². The van der Waals surface area contributed by atoms with Gasteiger partial charge in [0.25, 0.3) is 0 Å². The minimum absolute atomic E-state index is 0.165. The van der Waals surface area contributed by atoms with Crippen molar-refractivity contribution in [3.05, 3.63) is 54.1 Å². The SMILES string of the molecule is CCC(=O)c1ccc(-n2cccc2)cc1F. The maximum atomic E-state index is 13.6. The van der Waals surface area contributed by atoms with E-state index >= 15 is 0 Å². The Bertz CT molecular complexity index is 503. The van der Waals surface area contributed by atoms with E-state index in [9.17, 15) is 9.18 Å². The summed E-state index contributed by atoms with van der Waals surface area (Å²) in [5, 5.41) is 0. The van der Waals surface area contributed by atoms with Crippen LogP contribution in [0.25, 0.3) is 5.69 Å². The molecule has 2 rings (SSSR count). The summed E-state index contributed by atoms with van der Waals surface area (Å²) in [5.74, 6) is -0.630. The van der Waals surface area contributed by atoms with Gasteiger partial charge in [-0.1, -0.05) is 6.92 Å². The lowest BCUT2D eigenvalue weighted by Gasteiger charge is -2.05. The Morgan fingerprint density at radius 1 is 1.31 bits per heavy atom. The summed E-state index contributed by atoms with van der Waals surface area (Å²) in [6, 6.07) is 8.39. The van der Waals surface area contributed by atoms with Crippen molar-refractivity contribution in [1.82, 2.24) is 4.57 Å². The molecule has 0 saturated heterocycles. The Kier molecular flexibility index (Phi) is 2.86. The molecule has 1 heterocycles. The third kappa shape index (κ3) is 1.89. The van der Waals surface area contributed by atoms with Gasteiger partial charge in [-0.05, 0) is 30.3 Å². The number of carbonyl (C=O) groups excluding carboxylic acids is 1. The Balaban J connectivity index is 2.41. The molecule has 0 unspecified atom stereocenters. The van der Waals surface area contributed by atoms with E-state index in [1.807, 2.05) is 24.5 Å². The lowest BCUT2D eigenvalue weighted by atomic mass is 10.1. The molecule has 2 aromatic rings. The second-order valence-corrected chi connectivity index (χ2v) is 3.53. The number of carbonyl (C=O) groups is 1. The van der Waals surface area contributed by atoms with Crippen LogP contribution in [0, 0.1) is 5.82 Å². The van der Waals surface area contributed by atoms with Crippen LogP contribution in [-0.4, -0.2) is 10.4 Å². The molecule has 82 valence electrons. The summed E-state index contributed by atoms with van der Waals surface area (Å²) in [7, 11) is 0. The Morgan fingerprint density at radius 3 is 2.56 bits per heavy atom. The van der Waals surface area contributed by atoms with Crippen LogP contribution in [0.15, 0.2) is 42.7 Å². The van der Waals surface area contributed by atoms with Crippen molar-refractivity contribution >= 4 is 5.78 Å². The van der Waals surface area contributed by atoms with Gasteiger partial charge in [-0.25, -0.2) is 4.39 Å². The zero-order valence-electron chi connectivity index (χ0n) is 8.98. The van der Waals surface area contributed by atoms with E-state index in [2.05, 4.69) is 0 Å². The van der Waals surface area contributed by atoms with Gasteiger partial charge in [0.2, 0.25) is 0 Å². The lowest BCUT2D eigenvalue weighted by Crippen LogP contribution is -2.02. The predicted molar refractivity (Wildman–Crippen MR) is 60.3 cm³/mol. The summed E-state index contributed by atoms with van der Waals surface area (Å²) < 4.78 is 15.4. The number of hydrogen-bond donors (Lipinski definition) is 0. The fourth-order valence-electron chi connectivity index (χ4n) is 1.59. The highest BCUT2D eigenvalue weighted by Crippen LogP contribution is 2.15. The molecular formula is C13H12FNO. The molecular weight excluding hydrogens is 205 g/mol. The van der Waals surface area contributed by atoms with Crippen molar-refractivity contribution in [1.29, 1.82) is 0 Å². The molecule has 0 aliphatic heterocycles. The van der Waals surface area contributed by atoms with Crippen molar-refractivity contribution < 1.29 is 9.18 Å². The number of halogens is 1. The summed E-state index contributed by atoms with van der Waals surface area (Å²) in [6.07, 6.45) is 3.98. The smallest absolute Gasteiger partial charge is 0.165 e. The Labute approximate surface area is 93.3 Å². The highest BCUT2D eigenvalue weighted by atomic mass is 19.1. The average molecular weight is 217 g/mol. The van der Waals surface area contributed by atoms with E-state index < -0.39 is 5.82 Å². The molecule has 0 radical (unpaired) electrons. The minimum atomic E-state index is -0.460. The van der Waals surface area contributed by atoms with Crippen molar-refractivity contribution in [2.45, 2.75) is 13.3 Å². The highest BCUT2D eigenvalue weighted by Gasteiger charge is 2.10. The third-order valence-electron chi connectivity index (χ3n) is 2.48. The molecule has 0 fully saturated rings. The van der Waals surface area contributed by atoms with Gasteiger partial charge in [-0.3, -0.25) is 4.79 Å². The summed E-state index contributed by atoms with van der Waals surface area (Å²) >= 11 is 0. The van der Waals surface area contributed by atoms with E-state index in [1.54, 1.807) is 17.6 Å². The van der Waals surface area contributed by atoms with Gasteiger partial charge in [-0.15, -0.1) is 0 Å². The van der Waals surface area contributed by atoms with Crippen LogP contribution in [0.4, 0.5) is 4.39 Å². The fraction of sp³-hybridized carbons (Fsp3) is 0.154. The number of ketones is 1. The standard InChI is InChI=1S/C13H12FNO/c1-2-13(16)11-6-5-10(9-12(11)14)15-7-3-4-8-15/h3-9H,2H2,1H3. The van der Waals surface area contributed by atoms with Crippen molar-refractivity contribution in [3.63, 3.8) is 0 Å².